The Morgan fingerprint density at radius 2 is 1.87 bits per heavy atom. The van der Waals surface area contributed by atoms with E-state index in [1.165, 1.54) is 32.2 Å². The van der Waals surface area contributed by atoms with Crippen molar-refractivity contribution in [2.75, 3.05) is 40.4 Å². The van der Waals surface area contributed by atoms with Crippen molar-refractivity contribution in [1.82, 2.24) is 10.2 Å². The zero-order chi connectivity index (χ0) is 10.9. The van der Waals surface area contributed by atoms with Crippen molar-refractivity contribution in [2.24, 2.45) is 0 Å². The summed E-state index contributed by atoms with van der Waals surface area (Å²) in [6.07, 6.45) is 6.38. The second-order valence-corrected chi connectivity index (χ2v) is 4.70. The van der Waals surface area contributed by atoms with Crippen molar-refractivity contribution < 1.29 is 4.74 Å². The lowest BCUT2D eigenvalue weighted by Gasteiger charge is -2.09. The van der Waals surface area contributed by atoms with Gasteiger partial charge in [-0.2, -0.15) is 0 Å². The minimum absolute atomic E-state index is 0.853. The number of unbranched alkanes of at least 4 members (excludes halogenated alkanes) is 1. The molecule has 0 bridgehead atoms. The Labute approximate surface area is 94.2 Å². The molecule has 3 nitrogen and oxygen atoms in total. The molecule has 15 heavy (non-hydrogen) atoms. The Hall–Kier alpha value is -0.120. The Kier molecular flexibility index (Phi) is 6.98. The molecule has 90 valence electrons. The van der Waals surface area contributed by atoms with Gasteiger partial charge in [-0.25, -0.2) is 0 Å². The maximum absolute atomic E-state index is 5.55. The van der Waals surface area contributed by atoms with Gasteiger partial charge in [0.15, 0.2) is 0 Å². The first-order valence-corrected chi connectivity index (χ1v) is 6.25. The first-order valence-electron chi connectivity index (χ1n) is 6.25. The predicted octanol–water partition coefficient (Wildman–Crippen LogP) is 1.49. The minimum atomic E-state index is 0.853. The molecule has 1 fully saturated rings. The molecular weight excluding hydrogens is 188 g/mol. The Bertz CT molecular complexity index is 139. The van der Waals surface area contributed by atoms with Crippen molar-refractivity contribution in [2.45, 2.75) is 38.1 Å². The second kappa shape index (κ2) is 8.08. The molecule has 1 saturated carbocycles. The molecule has 1 aliphatic rings. The topological polar surface area (TPSA) is 24.5 Å². The molecule has 0 aliphatic heterocycles. The number of hydrogen-bond donors (Lipinski definition) is 1. The van der Waals surface area contributed by atoms with E-state index in [-0.39, 0.29) is 0 Å². The fraction of sp³-hybridized carbons (Fsp3) is 1.00. The van der Waals surface area contributed by atoms with Crippen LogP contribution in [0, 0.1) is 0 Å². The van der Waals surface area contributed by atoms with Gasteiger partial charge in [0.1, 0.15) is 0 Å². The lowest BCUT2D eigenvalue weighted by molar-refractivity contribution is 0.122. The van der Waals surface area contributed by atoms with Crippen LogP contribution in [0.25, 0.3) is 0 Å². The summed E-state index contributed by atoms with van der Waals surface area (Å²) in [4.78, 5) is 2.20. The van der Waals surface area contributed by atoms with E-state index in [1.54, 1.807) is 0 Å². The molecular formula is C12H26N2O. The van der Waals surface area contributed by atoms with E-state index >= 15 is 0 Å². The maximum atomic E-state index is 5.55. The van der Waals surface area contributed by atoms with Crippen molar-refractivity contribution in [3.8, 4) is 0 Å². The summed E-state index contributed by atoms with van der Waals surface area (Å²) in [5.74, 6) is 0. The van der Waals surface area contributed by atoms with Gasteiger partial charge in [0.2, 0.25) is 0 Å². The van der Waals surface area contributed by atoms with Gasteiger partial charge < -0.3 is 15.0 Å². The summed E-state index contributed by atoms with van der Waals surface area (Å²) in [6.45, 7) is 4.14. The third-order valence-electron chi connectivity index (χ3n) is 2.62. The maximum Gasteiger partial charge on any atom is 0.0478 e. The van der Waals surface area contributed by atoms with Crippen LogP contribution in [0.1, 0.15) is 32.1 Å². The molecule has 0 saturated heterocycles. The van der Waals surface area contributed by atoms with Crippen LogP contribution in [0.3, 0.4) is 0 Å². The molecule has 0 heterocycles. The summed E-state index contributed by atoms with van der Waals surface area (Å²) < 4.78 is 5.55. The van der Waals surface area contributed by atoms with E-state index in [9.17, 15) is 0 Å². The lowest BCUT2D eigenvalue weighted by atomic mass is 10.3. The second-order valence-electron chi connectivity index (χ2n) is 4.70. The molecule has 0 radical (unpaired) electrons. The fourth-order valence-electron chi connectivity index (χ4n) is 1.51. The third kappa shape index (κ3) is 8.85. The number of ether oxygens (including phenoxy) is 1. The van der Waals surface area contributed by atoms with Gasteiger partial charge in [0.25, 0.3) is 0 Å². The highest BCUT2D eigenvalue weighted by Crippen LogP contribution is 2.18. The standard InChI is InChI=1S/C12H26N2O/c1-14(2)9-5-11-15-10-4-3-8-13-12-6-7-12/h12-13H,3-11H2,1-2H3. The SMILES string of the molecule is CN(C)CCCOCCCCNC1CC1. The van der Waals surface area contributed by atoms with Crippen LogP contribution in [-0.4, -0.2) is 51.3 Å². The number of rotatable bonds is 10. The van der Waals surface area contributed by atoms with Gasteiger partial charge in [-0.1, -0.05) is 0 Å². The van der Waals surface area contributed by atoms with Crippen LogP contribution in [0.2, 0.25) is 0 Å². The molecule has 1 aliphatic carbocycles. The monoisotopic (exact) mass is 214 g/mol. The van der Waals surface area contributed by atoms with Gasteiger partial charge in [0.05, 0.1) is 0 Å². The van der Waals surface area contributed by atoms with Gasteiger partial charge in [0, 0.05) is 19.3 Å². The van der Waals surface area contributed by atoms with Crippen LogP contribution in [-0.2, 0) is 4.74 Å². The Morgan fingerprint density at radius 3 is 2.53 bits per heavy atom. The quantitative estimate of drug-likeness (QED) is 0.558. The highest BCUT2D eigenvalue weighted by molar-refractivity contribution is 4.80. The fourth-order valence-corrected chi connectivity index (χ4v) is 1.51. The molecule has 0 aromatic carbocycles. The largest absolute Gasteiger partial charge is 0.381 e. The van der Waals surface area contributed by atoms with Crippen LogP contribution < -0.4 is 5.32 Å². The van der Waals surface area contributed by atoms with E-state index in [4.69, 9.17) is 4.74 Å². The first-order chi connectivity index (χ1) is 7.29. The van der Waals surface area contributed by atoms with Crippen LogP contribution in [0.15, 0.2) is 0 Å². The Balaban J connectivity index is 1.65. The third-order valence-corrected chi connectivity index (χ3v) is 2.62. The minimum Gasteiger partial charge on any atom is -0.381 e. The van der Waals surface area contributed by atoms with Crippen molar-refractivity contribution in [3.63, 3.8) is 0 Å². The van der Waals surface area contributed by atoms with Crippen LogP contribution in [0.5, 0.6) is 0 Å². The molecule has 0 unspecified atom stereocenters. The van der Waals surface area contributed by atoms with Crippen LogP contribution >= 0.6 is 0 Å². The van der Waals surface area contributed by atoms with E-state index in [1.807, 2.05) is 0 Å². The predicted molar refractivity (Wildman–Crippen MR) is 64.2 cm³/mol. The van der Waals surface area contributed by atoms with E-state index in [2.05, 4.69) is 24.3 Å². The molecule has 0 amide bonds. The summed E-state index contributed by atoms with van der Waals surface area (Å²) in [6, 6.07) is 0.853. The number of hydrogen-bond acceptors (Lipinski definition) is 3. The average molecular weight is 214 g/mol. The van der Waals surface area contributed by atoms with Gasteiger partial charge >= 0.3 is 0 Å². The molecule has 0 aromatic heterocycles. The van der Waals surface area contributed by atoms with Gasteiger partial charge in [-0.15, -0.1) is 0 Å². The molecule has 1 rings (SSSR count). The summed E-state index contributed by atoms with van der Waals surface area (Å²) in [5, 5.41) is 3.51. The van der Waals surface area contributed by atoms with Crippen LogP contribution in [0.4, 0.5) is 0 Å². The first kappa shape index (κ1) is 12.9. The van der Waals surface area contributed by atoms with Crippen molar-refractivity contribution in [3.05, 3.63) is 0 Å². The van der Waals surface area contributed by atoms with Crippen molar-refractivity contribution >= 4 is 0 Å². The smallest absolute Gasteiger partial charge is 0.0478 e. The van der Waals surface area contributed by atoms with E-state index < -0.39 is 0 Å². The highest BCUT2D eigenvalue weighted by Gasteiger charge is 2.19. The molecule has 0 spiro atoms. The molecule has 0 atom stereocenters. The highest BCUT2D eigenvalue weighted by atomic mass is 16.5. The van der Waals surface area contributed by atoms with Gasteiger partial charge in [-0.05, 0) is 59.3 Å². The van der Waals surface area contributed by atoms with Gasteiger partial charge in [-0.3, -0.25) is 0 Å². The lowest BCUT2D eigenvalue weighted by Crippen LogP contribution is -2.18. The summed E-state index contributed by atoms with van der Waals surface area (Å²) in [7, 11) is 4.20. The number of nitrogens with one attached hydrogen (secondary N) is 1. The van der Waals surface area contributed by atoms with Crippen molar-refractivity contribution in [1.29, 1.82) is 0 Å². The average Bonchev–Trinajstić information content (AvgIpc) is 2.98. The van der Waals surface area contributed by atoms with E-state index in [0.717, 1.165) is 32.2 Å². The molecule has 1 N–H and O–H groups in total. The van der Waals surface area contributed by atoms with E-state index in [0.29, 0.717) is 0 Å². The Morgan fingerprint density at radius 1 is 1.13 bits per heavy atom. The number of nitrogens with zero attached hydrogens (tertiary/aromatic N) is 1. The zero-order valence-corrected chi connectivity index (χ0v) is 10.3. The molecule has 3 heteroatoms. The normalized spacial score (nSPS) is 16.2. The zero-order valence-electron chi connectivity index (χ0n) is 10.3. The summed E-state index contributed by atoms with van der Waals surface area (Å²) in [5.41, 5.74) is 0. The molecule has 0 aromatic rings. The summed E-state index contributed by atoms with van der Waals surface area (Å²) >= 11 is 0.